The maximum absolute atomic E-state index is 4.23. The van der Waals surface area contributed by atoms with Gasteiger partial charge in [0.25, 0.3) is 0 Å². The summed E-state index contributed by atoms with van der Waals surface area (Å²) in [7, 11) is 0. The van der Waals surface area contributed by atoms with Gasteiger partial charge in [0.1, 0.15) is 0 Å². The van der Waals surface area contributed by atoms with Crippen molar-refractivity contribution in [1.82, 2.24) is 0 Å². The fourth-order valence-electron chi connectivity index (χ4n) is 1.46. The third-order valence-corrected chi connectivity index (χ3v) is 2.87. The van der Waals surface area contributed by atoms with Crippen LogP contribution in [0.1, 0.15) is 12.5 Å². The first kappa shape index (κ1) is 12.2. The van der Waals surface area contributed by atoms with Gasteiger partial charge in [0, 0.05) is 24.5 Å². The maximum atomic E-state index is 4.23. The molecule has 1 rings (SSSR count). The lowest BCUT2D eigenvalue weighted by Crippen LogP contribution is -2.25. The average Bonchev–Trinajstić information content (AvgIpc) is 2.27. The van der Waals surface area contributed by atoms with Gasteiger partial charge in [-0.15, -0.1) is 0 Å². The first-order valence-corrected chi connectivity index (χ1v) is 5.89. The minimum Gasteiger partial charge on any atom is -0.368 e. The van der Waals surface area contributed by atoms with Crippen molar-refractivity contribution in [1.29, 1.82) is 0 Å². The van der Waals surface area contributed by atoms with E-state index < -0.39 is 0 Å². The van der Waals surface area contributed by atoms with E-state index in [0.29, 0.717) is 0 Å². The zero-order valence-electron chi connectivity index (χ0n) is 9.53. The van der Waals surface area contributed by atoms with E-state index in [0.717, 1.165) is 24.4 Å². The minimum atomic E-state index is 0.752. The van der Waals surface area contributed by atoms with Crippen molar-refractivity contribution in [2.45, 2.75) is 13.8 Å². The van der Waals surface area contributed by atoms with Crippen molar-refractivity contribution in [3.63, 3.8) is 0 Å². The summed E-state index contributed by atoms with van der Waals surface area (Å²) >= 11 is 4.23. The van der Waals surface area contributed by atoms with Gasteiger partial charge in [-0.2, -0.15) is 12.6 Å². The Morgan fingerprint density at radius 1 is 1.33 bits per heavy atom. The topological polar surface area (TPSA) is 3.24 Å². The Morgan fingerprint density at radius 2 is 1.93 bits per heavy atom. The fourth-order valence-corrected chi connectivity index (χ4v) is 1.56. The molecule has 82 valence electrons. The first-order chi connectivity index (χ1) is 7.17. The number of hydrogen-bond donors (Lipinski definition) is 1. The molecule has 1 aromatic rings. The lowest BCUT2D eigenvalue weighted by molar-refractivity contribution is 0.882. The molecule has 0 spiro atoms. The summed E-state index contributed by atoms with van der Waals surface area (Å²) in [5.74, 6) is 0.752. The number of nitrogens with zero attached hydrogens (tertiary/aromatic N) is 1. The van der Waals surface area contributed by atoms with Crippen molar-refractivity contribution < 1.29 is 0 Å². The predicted octanol–water partition coefficient (Wildman–Crippen LogP) is 3.31. The molecule has 0 fully saturated rings. The highest BCUT2D eigenvalue weighted by molar-refractivity contribution is 7.80. The number of rotatable bonds is 5. The van der Waals surface area contributed by atoms with Crippen LogP contribution in [0.15, 0.2) is 36.4 Å². The first-order valence-electron chi connectivity index (χ1n) is 5.26. The Labute approximate surface area is 98.2 Å². The molecule has 0 aliphatic carbocycles. The summed E-state index contributed by atoms with van der Waals surface area (Å²) < 4.78 is 0. The van der Waals surface area contributed by atoms with Crippen LogP contribution < -0.4 is 4.90 Å². The summed E-state index contributed by atoms with van der Waals surface area (Å²) in [5.41, 5.74) is 3.70. The fraction of sp³-hybridized carbons (Fsp3) is 0.385. The third kappa shape index (κ3) is 3.63. The Kier molecular flexibility index (Phi) is 4.76. The second-order valence-corrected chi connectivity index (χ2v) is 4.07. The van der Waals surface area contributed by atoms with E-state index in [2.05, 4.69) is 62.2 Å². The van der Waals surface area contributed by atoms with E-state index in [-0.39, 0.29) is 0 Å². The van der Waals surface area contributed by atoms with E-state index >= 15 is 0 Å². The molecule has 0 saturated heterocycles. The minimum absolute atomic E-state index is 0.752. The second kappa shape index (κ2) is 5.86. The van der Waals surface area contributed by atoms with Crippen LogP contribution in [0.4, 0.5) is 5.69 Å². The van der Waals surface area contributed by atoms with Gasteiger partial charge < -0.3 is 4.90 Å². The van der Waals surface area contributed by atoms with E-state index in [1.807, 2.05) is 0 Å². The van der Waals surface area contributed by atoms with Crippen LogP contribution in [0, 0.1) is 6.92 Å². The molecule has 15 heavy (non-hydrogen) atoms. The molecule has 0 unspecified atom stereocenters. The van der Waals surface area contributed by atoms with Gasteiger partial charge in [-0.25, -0.2) is 0 Å². The van der Waals surface area contributed by atoms with Crippen molar-refractivity contribution in [2.75, 3.05) is 23.7 Å². The molecule has 2 heteroatoms. The highest BCUT2D eigenvalue weighted by Gasteiger charge is 2.04. The van der Waals surface area contributed by atoms with Crippen LogP contribution in [0.2, 0.25) is 0 Å². The van der Waals surface area contributed by atoms with Gasteiger partial charge in [0.2, 0.25) is 0 Å². The lowest BCUT2D eigenvalue weighted by Gasteiger charge is -2.23. The molecule has 0 amide bonds. The van der Waals surface area contributed by atoms with Gasteiger partial charge in [-0.3, -0.25) is 0 Å². The third-order valence-electron chi connectivity index (χ3n) is 2.42. The summed E-state index contributed by atoms with van der Waals surface area (Å²) in [6.07, 6.45) is 0. The molecule has 0 radical (unpaired) electrons. The SMILES string of the molecule is C=C(CS)CN(CC)c1ccc(C)cc1. The Balaban J connectivity index is 2.74. The predicted molar refractivity (Wildman–Crippen MR) is 72.1 cm³/mol. The van der Waals surface area contributed by atoms with Crippen LogP contribution in [-0.2, 0) is 0 Å². The molecule has 0 heterocycles. The van der Waals surface area contributed by atoms with Crippen LogP contribution in [0.3, 0.4) is 0 Å². The number of benzene rings is 1. The van der Waals surface area contributed by atoms with Gasteiger partial charge in [0.05, 0.1) is 0 Å². The van der Waals surface area contributed by atoms with Crippen LogP contribution in [0.25, 0.3) is 0 Å². The molecule has 0 N–H and O–H groups in total. The largest absolute Gasteiger partial charge is 0.368 e. The molecule has 0 aliphatic heterocycles. The van der Waals surface area contributed by atoms with Crippen molar-refractivity contribution >= 4 is 18.3 Å². The number of hydrogen-bond acceptors (Lipinski definition) is 2. The molecule has 0 aromatic heterocycles. The van der Waals surface area contributed by atoms with Crippen LogP contribution in [-0.4, -0.2) is 18.8 Å². The molecule has 1 nitrogen and oxygen atoms in total. The summed E-state index contributed by atoms with van der Waals surface area (Å²) in [6.45, 7) is 10.1. The van der Waals surface area contributed by atoms with Crippen molar-refractivity contribution in [3.05, 3.63) is 42.0 Å². The number of thiol groups is 1. The molecule has 1 aromatic carbocycles. The second-order valence-electron chi connectivity index (χ2n) is 3.76. The van der Waals surface area contributed by atoms with Crippen molar-refractivity contribution in [2.24, 2.45) is 0 Å². The van der Waals surface area contributed by atoms with E-state index in [4.69, 9.17) is 0 Å². The Bertz CT molecular complexity index is 316. The summed E-state index contributed by atoms with van der Waals surface area (Å²) in [5, 5.41) is 0. The molecule has 0 bridgehead atoms. The van der Waals surface area contributed by atoms with E-state index in [1.165, 1.54) is 11.3 Å². The van der Waals surface area contributed by atoms with E-state index in [9.17, 15) is 0 Å². The van der Waals surface area contributed by atoms with Crippen LogP contribution >= 0.6 is 12.6 Å². The number of aryl methyl sites for hydroxylation is 1. The molecule has 0 saturated carbocycles. The number of likely N-dealkylation sites (N-methyl/N-ethyl adjacent to an activating group) is 1. The highest BCUT2D eigenvalue weighted by Crippen LogP contribution is 2.16. The van der Waals surface area contributed by atoms with Gasteiger partial charge in [-0.05, 0) is 31.6 Å². The summed E-state index contributed by atoms with van der Waals surface area (Å²) in [6, 6.07) is 8.60. The zero-order valence-corrected chi connectivity index (χ0v) is 10.4. The number of anilines is 1. The average molecular weight is 221 g/mol. The summed E-state index contributed by atoms with van der Waals surface area (Å²) in [4.78, 5) is 2.30. The monoisotopic (exact) mass is 221 g/mol. The quantitative estimate of drug-likeness (QED) is 0.590. The highest BCUT2D eigenvalue weighted by atomic mass is 32.1. The maximum Gasteiger partial charge on any atom is 0.0394 e. The van der Waals surface area contributed by atoms with Crippen LogP contribution in [0.5, 0.6) is 0 Å². The normalized spacial score (nSPS) is 10.1. The smallest absolute Gasteiger partial charge is 0.0394 e. The molecular weight excluding hydrogens is 202 g/mol. The molecule has 0 atom stereocenters. The molecule has 0 aliphatic rings. The Morgan fingerprint density at radius 3 is 2.40 bits per heavy atom. The Hall–Kier alpha value is -0.890. The molecular formula is C13H19NS. The standard InChI is InChI=1S/C13H19NS/c1-4-14(9-12(3)10-15)13-7-5-11(2)6-8-13/h5-8,15H,3-4,9-10H2,1-2H3. The van der Waals surface area contributed by atoms with Gasteiger partial charge >= 0.3 is 0 Å². The lowest BCUT2D eigenvalue weighted by atomic mass is 10.2. The van der Waals surface area contributed by atoms with E-state index in [1.54, 1.807) is 0 Å². The van der Waals surface area contributed by atoms with Gasteiger partial charge in [0.15, 0.2) is 0 Å². The van der Waals surface area contributed by atoms with Crippen molar-refractivity contribution in [3.8, 4) is 0 Å². The van der Waals surface area contributed by atoms with Gasteiger partial charge in [-0.1, -0.05) is 24.3 Å². The zero-order chi connectivity index (χ0) is 11.3.